The lowest BCUT2D eigenvalue weighted by Crippen LogP contribution is -2.55. The highest BCUT2D eigenvalue weighted by Gasteiger charge is 2.71. The number of carbonyl (C=O) groups excluding carboxylic acids is 3. The third-order valence-electron chi connectivity index (χ3n) is 7.98. The number of nitrogens with zero attached hydrogens (tertiary/aromatic N) is 3. The normalized spacial score (nSPS) is 32.0. The molecule has 5 atom stereocenters. The predicted octanol–water partition coefficient (Wildman–Crippen LogP) is 1.90. The van der Waals surface area contributed by atoms with Crippen LogP contribution in [0.5, 0.6) is 0 Å². The monoisotopic (exact) mass is 509 g/mol. The van der Waals surface area contributed by atoms with Gasteiger partial charge >= 0.3 is 5.97 Å². The zero-order valence-corrected chi connectivity index (χ0v) is 21.4. The molecule has 4 heterocycles. The number of anilines is 2. The van der Waals surface area contributed by atoms with Crippen molar-refractivity contribution >= 4 is 29.2 Å². The summed E-state index contributed by atoms with van der Waals surface area (Å²) in [6, 6.07) is 6.80. The molecule has 0 bridgehead atoms. The first-order chi connectivity index (χ1) is 18.0. The minimum atomic E-state index is -1.32. The second-order valence-electron chi connectivity index (χ2n) is 9.88. The first-order valence-corrected chi connectivity index (χ1v) is 13.2. The van der Waals surface area contributed by atoms with Gasteiger partial charge in [0, 0.05) is 37.6 Å². The molecule has 2 amide bonds. The van der Waals surface area contributed by atoms with Crippen molar-refractivity contribution in [3.63, 3.8) is 0 Å². The largest absolute Gasteiger partial charge is 0.465 e. The van der Waals surface area contributed by atoms with Gasteiger partial charge < -0.3 is 29.3 Å². The maximum Gasteiger partial charge on any atom is 0.312 e. The van der Waals surface area contributed by atoms with E-state index in [1.54, 1.807) is 11.0 Å². The van der Waals surface area contributed by atoms with Gasteiger partial charge in [-0.2, -0.15) is 0 Å². The van der Waals surface area contributed by atoms with Crippen LogP contribution < -0.4 is 9.80 Å². The van der Waals surface area contributed by atoms with E-state index in [-0.39, 0.29) is 31.6 Å². The summed E-state index contributed by atoms with van der Waals surface area (Å²) in [7, 11) is 0. The first-order valence-electron chi connectivity index (χ1n) is 13.2. The van der Waals surface area contributed by atoms with Crippen LogP contribution in [0, 0.1) is 11.8 Å². The number of benzene rings is 1. The van der Waals surface area contributed by atoms with Gasteiger partial charge in [0.05, 0.1) is 25.2 Å². The molecule has 5 rings (SSSR count). The second-order valence-corrected chi connectivity index (χ2v) is 9.88. The lowest BCUT2D eigenvalue weighted by molar-refractivity contribution is -0.154. The predicted molar refractivity (Wildman–Crippen MR) is 138 cm³/mol. The van der Waals surface area contributed by atoms with E-state index < -0.39 is 35.6 Å². The quantitative estimate of drug-likeness (QED) is 0.462. The van der Waals surface area contributed by atoms with Crippen LogP contribution in [0.3, 0.4) is 0 Å². The number of hydrogen-bond donors (Lipinski definition) is 1. The minimum absolute atomic E-state index is 0.0261. The molecular weight excluding hydrogens is 474 g/mol. The van der Waals surface area contributed by atoms with Crippen molar-refractivity contribution in [3.8, 4) is 0 Å². The molecule has 9 heteroatoms. The number of allylic oxidation sites excluding steroid dienone is 1. The molecule has 4 aliphatic rings. The molecule has 0 aromatic heterocycles. The number of esters is 1. The summed E-state index contributed by atoms with van der Waals surface area (Å²) in [6.07, 6.45) is 8.18. The number of rotatable bonds is 6. The summed E-state index contributed by atoms with van der Waals surface area (Å²) < 4.78 is 12.0. The SMILES string of the molecule is CCN(CC)c1ccc(N2CC=CC34O[C@@H]5/C=C\CCCOC(=O)C5[C@H]3C(=O)N(CCO)[C@@H]4C2=O)cc1. The Balaban J connectivity index is 1.54. The zero-order chi connectivity index (χ0) is 26.2. The highest BCUT2D eigenvalue weighted by atomic mass is 16.6. The van der Waals surface area contributed by atoms with Crippen molar-refractivity contribution in [1.82, 2.24) is 4.90 Å². The Bertz CT molecular complexity index is 1100. The molecule has 198 valence electrons. The summed E-state index contributed by atoms with van der Waals surface area (Å²) in [4.78, 5) is 46.4. The van der Waals surface area contributed by atoms with Crippen molar-refractivity contribution in [2.24, 2.45) is 11.8 Å². The zero-order valence-electron chi connectivity index (χ0n) is 21.4. The topological polar surface area (TPSA) is 99.6 Å². The van der Waals surface area contributed by atoms with Crippen LogP contribution >= 0.6 is 0 Å². The van der Waals surface area contributed by atoms with Crippen LogP contribution in [0.25, 0.3) is 0 Å². The van der Waals surface area contributed by atoms with Gasteiger partial charge in [-0.1, -0.05) is 24.3 Å². The molecule has 0 radical (unpaired) electrons. The molecule has 1 spiro atoms. The van der Waals surface area contributed by atoms with E-state index >= 15 is 0 Å². The third kappa shape index (κ3) is 4.14. The Morgan fingerprint density at radius 2 is 1.84 bits per heavy atom. The number of amides is 2. The van der Waals surface area contributed by atoms with Crippen molar-refractivity contribution in [2.75, 3.05) is 49.2 Å². The van der Waals surface area contributed by atoms with E-state index in [0.29, 0.717) is 18.7 Å². The lowest BCUT2D eigenvalue weighted by Gasteiger charge is -2.35. The minimum Gasteiger partial charge on any atom is -0.465 e. The smallest absolute Gasteiger partial charge is 0.312 e. The van der Waals surface area contributed by atoms with E-state index in [0.717, 1.165) is 25.2 Å². The Labute approximate surface area is 217 Å². The van der Waals surface area contributed by atoms with Crippen LogP contribution in [0.4, 0.5) is 11.4 Å². The molecule has 1 aromatic carbocycles. The van der Waals surface area contributed by atoms with E-state index in [9.17, 15) is 19.5 Å². The van der Waals surface area contributed by atoms with Gasteiger partial charge in [0.1, 0.15) is 17.6 Å². The van der Waals surface area contributed by atoms with Gasteiger partial charge in [-0.25, -0.2) is 0 Å². The molecule has 37 heavy (non-hydrogen) atoms. The Kier molecular flexibility index (Phi) is 7.09. The van der Waals surface area contributed by atoms with Gasteiger partial charge in [0.2, 0.25) is 5.91 Å². The summed E-state index contributed by atoms with van der Waals surface area (Å²) >= 11 is 0. The first kappa shape index (κ1) is 25.5. The van der Waals surface area contributed by atoms with Crippen LogP contribution in [0.15, 0.2) is 48.6 Å². The average molecular weight is 510 g/mol. The van der Waals surface area contributed by atoms with Gasteiger partial charge in [0.25, 0.3) is 5.91 Å². The fraction of sp³-hybridized carbons (Fsp3) is 0.536. The number of aliphatic hydroxyl groups is 1. The highest BCUT2D eigenvalue weighted by Crippen LogP contribution is 2.53. The third-order valence-corrected chi connectivity index (χ3v) is 7.98. The van der Waals surface area contributed by atoms with Crippen LogP contribution in [0.2, 0.25) is 0 Å². The van der Waals surface area contributed by atoms with Crippen molar-refractivity contribution in [2.45, 2.75) is 44.4 Å². The van der Waals surface area contributed by atoms with Crippen molar-refractivity contribution < 1.29 is 29.0 Å². The van der Waals surface area contributed by atoms with Gasteiger partial charge in [0.15, 0.2) is 0 Å². The molecule has 2 saturated heterocycles. The van der Waals surface area contributed by atoms with Crippen LogP contribution in [-0.2, 0) is 23.9 Å². The van der Waals surface area contributed by atoms with Gasteiger partial charge in [-0.3, -0.25) is 14.4 Å². The van der Waals surface area contributed by atoms with Gasteiger partial charge in [-0.15, -0.1) is 0 Å². The molecule has 0 aliphatic carbocycles. The standard InChI is InChI=1S/C28H35N3O6/c1-3-29(4-2)19-10-12-20(13-11-19)30-15-8-14-28-23(25(33)31(16-17-32)24(28)26(30)34)22-21(37-28)9-6-5-7-18-36-27(22)35/h6,8-14,21-24,32H,3-5,7,15-18H2,1-2H3/b9-6-/t21-,22?,23+,24-,28?/m1/s1. The average Bonchev–Trinajstić information content (AvgIpc) is 3.30. The number of fused-ring (bicyclic) bond motifs is 2. The molecule has 4 aliphatic heterocycles. The molecular formula is C28H35N3O6. The Hall–Kier alpha value is -3.17. The number of hydrogen-bond acceptors (Lipinski definition) is 7. The lowest BCUT2D eigenvalue weighted by atomic mass is 9.78. The molecule has 1 aromatic rings. The number of cyclic esters (lactones) is 1. The molecule has 0 saturated carbocycles. The molecule has 2 fully saturated rings. The number of likely N-dealkylation sites (tertiary alicyclic amines) is 1. The molecule has 9 nitrogen and oxygen atoms in total. The van der Waals surface area contributed by atoms with Crippen LogP contribution in [-0.4, -0.2) is 84.9 Å². The summed E-state index contributed by atoms with van der Waals surface area (Å²) in [5.41, 5.74) is 0.455. The van der Waals surface area contributed by atoms with E-state index in [1.165, 1.54) is 4.90 Å². The summed E-state index contributed by atoms with van der Waals surface area (Å²) in [5.74, 6) is -2.91. The highest BCUT2D eigenvalue weighted by molar-refractivity contribution is 6.05. The van der Waals surface area contributed by atoms with Crippen molar-refractivity contribution in [3.05, 3.63) is 48.6 Å². The van der Waals surface area contributed by atoms with E-state index in [1.807, 2.05) is 42.5 Å². The second kappa shape index (κ2) is 10.3. The fourth-order valence-corrected chi connectivity index (χ4v) is 6.27. The summed E-state index contributed by atoms with van der Waals surface area (Å²) in [6.45, 7) is 6.19. The summed E-state index contributed by atoms with van der Waals surface area (Å²) in [5, 5.41) is 9.78. The number of ether oxygens (including phenoxy) is 2. The van der Waals surface area contributed by atoms with E-state index in [2.05, 4.69) is 18.7 Å². The Morgan fingerprint density at radius 1 is 1.08 bits per heavy atom. The number of aliphatic hydroxyl groups excluding tert-OH is 1. The maximum absolute atomic E-state index is 14.2. The number of carbonyl (C=O) groups is 3. The fourth-order valence-electron chi connectivity index (χ4n) is 6.27. The van der Waals surface area contributed by atoms with Crippen molar-refractivity contribution in [1.29, 1.82) is 0 Å². The number of β-amino-alcohol motifs (C(OH)–C–C–N with tert-alkyl or cyclic N) is 1. The van der Waals surface area contributed by atoms with E-state index in [4.69, 9.17) is 9.47 Å². The Morgan fingerprint density at radius 3 is 2.54 bits per heavy atom. The molecule has 2 unspecified atom stereocenters. The van der Waals surface area contributed by atoms with Gasteiger partial charge in [-0.05, 0) is 51.0 Å². The molecule has 1 N–H and O–H groups in total. The van der Waals surface area contributed by atoms with Crippen LogP contribution in [0.1, 0.15) is 26.7 Å². The maximum atomic E-state index is 14.2.